The number of rotatable bonds is 7. The Morgan fingerprint density at radius 1 is 1.37 bits per heavy atom. The molecule has 5 atom stereocenters. The predicted octanol–water partition coefficient (Wildman–Crippen LogP) is 0.861. The number of carboxylic acids is 1. The van der Waals surface area contributed by atoms with E-state index < -0.39 is 12.1 Å². The van der Waals surface area contributed by atoms with Crippen LogP contribution in [0.3, 0.4) is 0 Å². The minimum atomic E-state index is -0.697. The summed E-state index contributed by atoms with van der Waals surface area (Å²) in [5, 5.41) is 22.4. The highest BCUT2D eigenvalue weighted by Crippen LogP contribution is 2.48. The van der Waals surface area contributed by atoms with Crippen LogP contribution in [0, 0.1) is 17.8 Å². The predicted molar refractivity (Wildman–Crippen MR) is 70.8 cm³/mol. The first-order valence-corrected chi connectivity index (χ1v) is 7.25. The number of fused-ring (bicyclic) bond motifs is 2. The smallest absolute Gasteiger partial charge is 0.308 e. The molecule has 0 spiro atoms. The number of hydrogen-bond acceptors (Lipinski definition) is 4. The van der Waals surface area contributed by atoms with Gasteiger partial charge in [-0.25, -0.2) is 0 Å². The van der Waals surface area contributed by atoms with Crippen LogP contribution >= 0.6 is 0 Å². The fourth-order valence-corrected chi connectivity index (χ4v) is 3.57. The van der Waals surface area contributed by atoms with E-state index >= 15 is 0 Å². The summed E-state index contributed by atoms with van der Waals surface area (Å²) in [6.45, 7) is 4.56. The molecule has 0 aromatic heterocycles. The van der Waals surface area contributed by atoms with E-state index in [-0.39, 0.29) is 18.1 Å². The molecule has 0 aliphatic heterocycles. The van der Waals surface area contributed by atoms with E-state index in [0.717, 1.165) is 19.3 Å². The maximum Gasteiger partial charge on any atom is 0.308 e. The second-order valence-corrected chi connectivity index (χ2v) is 6.17. The van der Waals surface area contributed by atoms with Crippen LogP contribution in [0.2, 0.25) is 0 Å². The molecule has 5 nitrogen and oxygen atoms in total. The standard InChI is InChI=1S/C14H25NO4/c1-8(2)19-7-11(16)6-15-13-10-4-3-9(5-10)12(13)14(17)18/h8-13,15-16H,3-7H2,1-2H3,(H,17,18). The Balaban J connectivity index is 1.80. The Labute approximate surface area is 114 Å². The summed E-state index contributed by atoms with van der Waals surface area (Å²) in [7, 11) is 0. The number of aliphatic carboxylic acids is 1. The van der Waals surface area contributed by atoms with Gasteiger partial charge in [0.2, 0.25) is 0 Å². The lowest BCUT2D eigenvalue weighted by atomic mass is 9.84. The summed E-state index contributed by atoms with van der Waals surface area (Å²) in [5.74, 6) is -0.192. The molecule has 2 bridgehead atoms. The van der Waals surface area contributed by atoms with Crippen LogP contribution in [0.25, 0.3) is 0 Å². The van der Waals surface area contributed by atoms with Gasteiger partial charge in [-0.2, -0.15) is 0 Å². The SMILES string of the molecule is CC(C)OCC(O)CNC1C2CCC(C2)C1C(=O)O. The zero-order valence-electron chi connectivity index (χ0n) is 11.7. The zero-order chi connectivity index (χ0) is 14.0. The number of carbonyl (C=O) groups is 1. The van der Waals surface area contributed by atoms with Gasteiger partial charge in [0.25, 0.3) is 0 Å². The molecule has 2 aliphatic rings. The Kier molecular flexibility index (Phi) is 4.81. The summed E-state index contributed by atoms with van der Waals surface area (Å²) in [4.78, 5) is 11.3. The van der Waals surface area contributed by atoms with Crippen LogP contribution in [-0.2, 0) is 9.53 Å². The van der Waals surface area contributed by atoms with E-state index in [9.17, 15) is 15.0 Å². The fourth-order valence-electron chi connectivity index (χ4n) is 3.57. The highest BCUT2D eigenvalue weighted by Gasteiger charge is 2.50. The Hall–Kier alpha value is -0.650. The van der Waals surface area contributed by atoms with Gasteiger partial charge >= 0.3 is 5.97 Å². The van der Waals surface area contributed by atoms with E-state index in [1.165, 1.54) is 0 Å². The molecule has 0 heterocycles. The van der Waals surface area contributed by atoms with Gasteiger partial charge < -0.3 is 20.3 Å². The number of carboxylic acid groups (broad SMARTS) is 1. The van der Waals surface area contributed by atoms with Gasteiger partial charge in [0.1, 0.15) is 0 Å². The Bertz CT molecular complexity index is 321. The van der Waals surface area contributed by atoms with Gasteiger partial charge in [0.05, 0.1) is 24.7 Å². The number of aliphatic hydroxyl groups is 1. The largest absolute Gasteiger partial charge is 0.481 e. The molecule has 2 fully saturated rings. The highest BCUT2D eigenvalue weighted by molar-refractivity contribution is 5.72. The molecule has 19 heavy (non-hydrogen) atoms. The van der Waals surface area contributed by atoms with Crippen molar-refractivity contribution in [2.75, 3.05) is 13.2 Å². The molecule has 5 heteroatoms. The summed E-state index contributed by atoms with van der Waals surface area (Å²) in [5.41, 5.74) is 0. The summed E-state index contributed by atoms with van der Waals surface area (Å²) < 4.78 is 5.35. The van der Waals surface area contributed by atoms with Gasteiger partial charge in [-0.05, 0) is 44.9 Å². The molecular weight excluding hydrogens is 246 g/mol. The van der Waals surface area contributed by atoms with Crippen LogP contribution in [0.5, 0.6) is 0 Å². The number of hydrogen-bond donors (Lipinski definition) is 3. The van der Waals surface area contributed by atoms with E-state index in [4.69, 9.17) is 4.74 Å². The zero-order valence-corrected chi connectivity index (χ0v) is 11.7. The molecular formula is C14H25NO4. The maximum absolute atomic E-state index is 11.3. The number of aliphatic hydroxyl groups excluding tert-OH is 1. The monoisotopic (exact) mass is 271 g/mol. The van der Waals surface area contributed by atoms with Gasteiger partial charge in [-0.3, -0.25) is 4.79 Å². The van der Waals surface area contributed by atoms with Crippen LogP contribution in [-0.4, -0.2) is 47.6 Å². The van der Waals surface area contributed by atoms with Crippen molar-refractivity contribution in [3.05, 3.63) is 0 Å². The first-order chi connectivity index (χ1) is 8.99. The van der Waals surface area contributed by atoms with Gasteiger partial charge in [0.15, 0.2) is 0 Å². The van der Waals surface area contributed by atoms with E-state index in [1.807, 2.05) is 13.8 Å². The highest BCUT2D eigenvalue weighted by atomic mass is 16.5. The quantitative estimate of drug-likeness (QED) is 0.640. The van der Waals surface area contributed by atoms with E-state index in [0.29, 0.717) is 25.0 Å². The van der Waals surface area contributed by atoms with Crippen LogP contribution in [0.4, 0.5) is 0 Å². The topological polar surface area (TPSA) is 78.8 Å². The average molecular weight is 271 g/mol. The second-order valence-electron chi connectivity index (χ2n) is 6.17. The number of nitrogens with one attached hydrogen (secondary N) is 1. The molecule has 2 rings (SSSR count). The third kappa shape index (κ3) is 3.46. The van der Waals surface area contributed by atoms with Crippen LogP contribution in [0.1, 0.15) is 33.1 Å². The van der Waals surface area contributed by atoms with Gasteiger partial charge in [0, 0.05) is 12.6 Å². The second kappa shape index (κ2) is 6.20. The molecule has 110 valence electrons. The molecule has 5 unspecified atom stereocenters. The molecule has 3 N–H and O–H groups in total. The third-order valence-corrected chi connectivity index (χ3v) is 4.41. The van der Waals surface area contributed by atoms with Crippen molar-refractivity contribution in [2.45, 2.75) is 51.4 Å². The lowest BCUT2D eigenvalue weighted by Gasteiger charge is -2.29. The molecule has 0 amide bonds. The Morgan fingerprint density at radius 3 is 2.68 bits per heavy atom. The first kappa shape index (κ1) is 14.8. The fraction of sp³-hybridized carbons (Fsp3) is 0.929. The Morgan fingerprint density at radius 2 is 2.05 bits per heavy atom. The maximum atomic E-state index is 11.3. The lowest BCUT2D eigenvalue weighted by molar-refractivity contribution is -0.144. The van der Waals surface area contributed by atoms with E-state index in [1.54, 1.807) is 0 Å². The minimum absolute atomic E-state index is 0.0185. The first-order valence-electron chi connectivity index (χ1n) is 7.25. The van der Waals surface area contributed by atoms with Gasteiger partial charge in [-0.1, -0.05) is 0 Å². The summed E-state index contributed by atoms with van der Waals surface area (Å²) >= 11 is 0. The van der Waals surface area contributed by atoms with Crippen molar-refractivity contribution in [3.63, 3.8) is 0 Å². The number of ether oxygens (including phenoxy) is 1. The molecule has 0 aromatic carbocycles. The molecule has 2 saturated carbocycles. The van der Waals surface area contributed by atoms with Gasteiger partial charge in [-0.15, -0.1) is 0 Å². The summed E-state index contributed by atoms with van der Waals surface area (Å²) in [6, 6.07) is 0.0185. The lowest BCUT2D eigenvalue weighted by Crippen LogP contribution is -2.47. The van der Waals surface area contributed by atoms with Crippen molar-refractivity contribution in [1.82, 2.24) is 5.32 Å². The molecule has 0 aromatic rings. The average Bonchev–Trinajstić information content (AvgIpc) is 2.93. The van der Waals surface area contributed by atoms with E-state index in [2.05, 4.69) is 5.32 Å². The molecule has 0 saturated heterocycles. The van der Waals surface area contributed by atoms with Crippen molar-refractivity contribution < 1.29 is 19.7 Å². The van der Waals surface area contributed by atoms with Crippen molar-refractivity contribution >= 4 is 5.97 Å². The van der Waals surface area contributed by atoms with Crippen molar-refractivity contribution in [3.8, 4) is 0 Å². The third-order valence-electron chi connectivity index (χ3n) is 4.41. The summed E-state index contributed by atoms with van der Waals surface area (Å²) in [6.07, 6.45) is 2.71. The normalized spacial score (nSPS) is 34.9. The molecule has 0 radical (unpaired) electrons. The van der Waals surface area contributed by atoms with Crippen LogP contribution in [0.15, 0.2) is 0 Å². The molecule has 2 aliphatic carbocycles. The van der Waals surface area contributed by atoms with Crippen molar-refractivity contribution in [2.24, 2.45) is 17.8 Å². The van der Waals surface area contributed by atoms with Crippen molar-refractivity contribution in [1.29, 1.82) is 0 Å². The van der Waals surface area contributed by atoms with Crippen LogP contribution < -0.4 is 5.32 Å². The minimum Gasteiger partial charge on any atom is -0.481 e.